The molecule has 1 aliphatic rings. The number of benzene rings is 3. The number of H-pyrrole nitrogens is 1. The van der Waals surface area contributed by atoms with Crippen molar-refractivity contribution in [1.82, 2.24) is 9.97 Å². The molecule has 2 amide bonds. The van der Waals surface area contributed by atoms with Crippen LogP contribution in [0.5, 0.6) is 5.75 Å². The Hall–Kier alpha value is -5.07. The van der Waals surface area contributed by atoms with E-state index in [-0.39, 0.29) is 45.1 Å². The largest absolute Gasteiger partial charge is 0.495 e. The lowest BCUT2D eigenvalue weighted by molar-refractivity contribution is -0.211. The molecule has 200 valence electrons. The number of aromatic nitrogens is 2. The van der Waals surface area contributed by atoms with Gasteiger partial charge in [-0.25, -0.2) is 14.6 Å². The molecule has 2 heterocycles. The topological polar surface area (TPSA) is 125 Å². The Labute approximate surface area is 218 Å². The number of ether oxygens (including phenoxy) is 2. The summed E-state index contributed by atoms with van der Waals surface area (Å²) in [5, 5.41) is 9.30. The molecular formula is C26H19F3N4O6. The summed E-state index contributed by atoms with van der Waals surface area (Å²) in [7, 11) is 2.58. The number of imidazole rings is 1. The fourth-order valence-corrected chi connectivity index (χ4v) is 4.54. The second-order valence-electron chi connectivity index (χ2n) is 8.52. The van der Waals surface area contributed by atoms with Gasteiger partial charge in [-0.05, 0) is 30.3 Å². The normalized spacial score (nSPS) is 16.7. The number of alkyl halides is 3. The molecule has 2 N–H and O–H groups in total. The number of halogens is 3. The van der Waals surface area contributed by atoms with Crippen LogP contribution < -0.4 is 14.5 Å². The molecule has 3 aromatic carbocycles. The number of carboxylic acid groups (broad SMARTS) is 1. The third kappa shape index (κ3) is 3.98. The van der Waals surface area contributed by atoms with E-state index < -0.39 is 29.9 Å². The highest BCUT2D eigenvalue weighted by Crippen LogP contribution is 2.50. The second kappa shape index (κ2) is 9.04. The zero-order valence-electron chi connectivity index (χ0n) is 20.3. The number of esters is 1. The maximum absolute atomic E-state index is 13.8. The van der Waals surface area contributed by atoms with Gasteiger partial charge in [0, 0.05) is 23.7 Å². The van der Waals surface area contributed by atoms with Gasteiger partial charge in [-0.2, -0.15) is 13.2 Å². The third-order valence-corrected chi connectivity index (χ3v) is 6.30. The second-order valence-corrected chi connectivity index (χ2v) is 8.52. The summed E-state index contributed by atoms with van der Waals surface area (Å²) in [5.41, 5.74) is -1.92. The van der Waals surface area contributed by atoms with E-state index in [0.29, 0.717) is 0 Å². The molecule has 1 aliphatic heterocycles. The summed E-state index contributed by atoms with van der Waals surface area (Å²) in [6.07, 6.45) is -6.70. The number of carbonyl (C=O) groups is 3. The summed E-state index contributed by atoms with van der Waals surface area (Å²) in [5.74, 6) is -3.18. The summed E-state index contributed by atoms with van der Waals surface area (Å²) < 4.78 is 51.7. The number of para-hydroxylation sites is 2. The van der Waals surface area contributed by atoms with Crippen molar-refractivity contribution in [3.63, 3.8) is 0 Å². The van der Waals surface area contributed by atoms with E-state index in [1.54, 1.807) is 12.1 Å². The van der Waals surface area contributed by atoms with Gasteiger partial charge < -0.3 is 19.6 Å². The Morgan fingerprint density at radius 2 is 1.77 bits per heavy atom. The minimum atomic E-state index is -5.39. The quantitative estimate of drug-likeness (QED) is 0.353. The van der Waals surface area contributed by atoms with Crippen LogP contribution in [0.3, 0.4) is 0 Å². The van der Waals surface area contributed by atoms with Crippen molar-refractivity contribution < 1.29 is 42.1 Å². The van der Waals surface area contributed by atoms with E-state index in [1.807, 2.05) is 0 Å². The molecule has 0 saturated carbocycles. The molecule has 13 heteroatoms. The molecule has 1 aromatic heterocycles. The fraction of sp³-hybridized carbons (Fsp3) is 0.154. The first-order chi connectivity index (χ1) is 18.5. The summed E-state index contributed by atoms with van der Waals surface area (Å²) in [4.78, 5) is 46.4. The molecule has 4 aromatic rings. The van der Waals surface area contributed by atoms with Gasteiger partial charge in [0.05, 0.1) is 23.8 Å². The molecule has 5 rings (SSSR count). The highest BCUT2D eigenvalue weighted by molar-refractivity contribution is 6.13. The van der Waals surface area contributed by atoms with Gasteiger partial charge in [-0.15, -0.1) is 0 Å². The Bertz CT molecular complexity index is 1640. The van der Waals surface area contributed by atoms with E-state index >= 15 is 0 Å². The number of aromatic amines is 1. The molecule has 39 heavy (non-hydrogen) atoms. The third-order valence-electron chi connectivity index (χ3n) is 6.30. The molecule has 10 nitrogen and oxygen atoms in total. The lowest BCUT2D eigenvalue weighted by Crippen LogP contribution is -2.50. The van der Waals surface area contributed by atoms with E-state index in [0.717, 1.165) is 9.80 Å². The van der Waals surface area contributed by atoms with Crippen molar-refractivity contribution in [2.24, 2.45) is 0 Å². The Kier molecular flexibility index (Phi) is 5.93. The predicted molar refractivity (Wildman–Crippen MR) is 132 cm³/mol. The van der Waals surface area contributed by atoms with Crippen LogP contribution in [0.1, 0.15) is 21.5 Å². The van der Waals surface area contributed by atoms with Crippen LogP contribution >= 0.6 is 0 Å². The highest BCUT2D eigenvalue weighted by atomic mass is 19.4. The van der Waals surface area contributed by atoms with Crippen LogP contribution in [-0.4, -0.2) is 53.4 Å². The Morgan fingerprint density at radius 3 is 2.46 bits per heavy atom. The number of hydrogen-bond donors (Lipinski definition) is 2. The van der Waals surface area contributed by atoms with Crippen LogP contribution in [0.4, 0.5) is 29.6 Å². The van der Waals surface area contributed by atoms with Crippen molar-refractivity contribution in [3.05, 3.63) is 83.4 Å². The fourth-order valence-electron chi connectivity index (χ4n) is 4.54. The van der Waals surface area contributed by atoms with Gasteiger partial charge >= 0.3 is 18.2 Å². The number of nitrogens with one attached hydrogen (secondary N) is 1. The Balaban J connectivity index is 1.83. The summed E-state index contributed by atoms with van der Waals surface area (Å²) >= 11 is 0. The van der Waals surface area contributed by atoms with E-state index in [2.05, 4.69) is 9.97 Å². The number of nitrogens with zero attached hydrogens (tertiary/aromatic N) is 3. The summed E-state index contributed by atoms with van der Waals surface area (Å²) in [6.45, 7) is 0. The minimum absolute atomic E-state index is 0.00869. The van der Waals surface area contributed by atoms with Gasteiger partial charge in [0.2, 0.25) is 11.7 Å². The molecule has 0 aliphatic carbocycles. The van der Waals surface area contributed by atoms with E-state index in [9.17, 15) is 32.7 Å². The van der Waals surface area contributed by atoms with Gasteiger partial charge in [0.15, 0.2) is 0 Å². The number of hydrogen-bond acceptors (Lipinski definition) is 6. The smallest absolute Gasteiger partial charge is 0.491 e. The zero-order chi connectivity index (χ0) is 28.1. The maximum Gasteiger partial charge on any atom is 0.491 e. The number of fused-ring (bicyclic) bond motifs is 2. The van der Waals surface area contributed by atoms with Crippen molar-refractivity contribution in [1.29, 1.82) is 0 Å². The van der Waals surface area contributed by atoms with Crippen LogP contribution in [0.15, 0.2) is 66.7 Å². The zero-order valence-corrected chi connectivity index (χ0v) is 20.3. The monoisotopic (exact) mass is 540 g/mol. The number of anilines is 2. The summed E-state index contributed by atoms with van der Waals surface area (Å²) in [6, 6.07) is 16.1. The van der Waals surface area contributed by atoms with Crippen molar-refractivity contribution in [3.8, 4) is 5.75 Å². The van der Waals surface area contributed by atoms with E-state index in [1.165, 1.54) is 68.8 Å². The lowest BCUT2D eigenvalue weighted by atomic mass is 9.92. The number of methoxy groups -OCH3 is 1. The molecule has 0 bridgehead atoms. The number of rotatable bonds is 5. The van der Waals surface area contributed by atoms with Crippen LogP contribution in [0.2, 0.25) is 0 Å². The number of amides is 2. The van der Waals surface area contributed by atoms with Gasteiger partial charge in [0.1, 0.15) is 5.75 Å². The standard InChI is InChI=1S/C26H19F3N4O6/c1-32(24(36)37)23-30-17-12-11-14(13-18(17)31-23)25(39-22(35)26(27,28)29)16-8-4-3-7-15(16)21(34)33(25)19-9-5-6-10-20(19)38-2/h3-13H,1-2H3,(H,30,31)(H,36,37). The minimum Gasteiger partial charge on any atom is -0.495 e. The Morgan fingerprint density at radius 1 is 1.08 bits per heavy atom. The first-order valence-corrected chi connectivity index (χ1v) is 11.3. The molecule has 0 spiro atoms. The molecule has 1 unspecified atom stereocenters. The van der Waals surface area contributed by atoms with Crippen molar-refractivity contribution >= 4 is 40.6 Å². The molecular weight excluding hydrogens is 521 g/mol. The van der Waals surface area contributed by atoms with E-state index in [4.69, 9.17) is 9.47 Å². The number of carbonyl (C=O) groups excluding carboxylic acids is 2. The molecule has 0 radical (unpaired) electrons. The van der Waals surface area contributed by atoms with Crippen LogP contribution in [-0.2, 0) is 15.3 Å². The van der Waals surface area contributed by atoms with Crippen LogP contribution in [0.25, 0.3) is 11.0 Å². The first kappa shape index (κ1) is 25.6. The molecule has 1 atom stereocenters. The molecule has 0 saturated heterocycles. The highest BCUT2D eigenvalue weighted by Gasteiger charge is 2.58. The average Bonchev–Trinajstić information content (AvgIpc) is 3.44. The SMILES string of the molecule is COc1ccccc1N1C(=O)c2ccccc2C1(OC(=O)C(F)(F)F)c1ccc2nc(N(C)C(=O)O)[nH]c2c1. The molecule has 0 fully saturated rings. The van der Waals surface area contributed by atoms with Crippen molar-refractivity contribution in [2.45, 2.75) is 11.9 Å². The lowest BCUT2D eigenvalue weighted by Gasteiger charge is -2.39. The van der Waals surface area contributed by atoms with Gasteiger partial charge in [0.25, 0.3) is 5.91 Å². The van der Waals surface area contributed by atoms with Gasteiger partial charge in [-0.3, -0.25) is 14.6 Å². The van der Waals surface area contributed by atoms with Gasteiger partial charge in [-0.1, -0.05) is 36.4 Å². The first-order valence-electron chi connectivity index (χ1n) is 11.3. The average molecular weight is 540 g/mol. The van der Waals surface area contributed by atoms with Crippen molar-refractivity contribution in [2.75, 3.05) is 24.0 Å². The maximum atomic E-state index is 13.8. The predicted octanol–water partition coefficient (Wildman–Crippen LogP) is 4.65. The van der Waals surface area contributed by atoms with Crippen LogP contribution in [0, 0.1) is 0 Å².